The molecule has 0 saturated heterocycles. The molecule has 1 aromatic heterocycles. The first-order chi connectivity index (χ1) is 6.54. The van der Waals surface area contributed by atoms with E-state index in [1.165, 1.54) is 6.07 Å². The molecule has 1 aliphatic rings. The number of fused-ring (bicyclic) bond motifs is 1. The van der Waals surface area contributed by atoms with Gasteiger partial charge in [-0.1, -0.05) is 23.2 Å². The van der Waals surface area contributed by atoms with Crippen LogP contribution < -0.4 is 0 Å². The van der Waals surface area contributed by atoms with E-state index >= 15 is 0 Å². The maximum absolute atomic E-state index is 11.7. The Morgan fingerprint density at radius 1 is 1.50 bits per heavy atom. The normalized spacial score (nSPS) is 19.1. The maximum Gasteiger partial charge on any atom is 0.200 e. The number of Topliss-reactive ketones (excluding diaryl/α,β-unsaturated/α-hetero) is 1. The predicted molar refractivity (Wildman–Crippen MR) is 53.3 cm³/mol. The van der Waals surface area contributed by atoms with Crippen molar-refractivity contribution in [1.29, 1.82) is 0 Å². The van der Waals surface area contributed by atoms with Crippen LogP contribution in [0.3, 0.4) is 0 Å². The average Bonchev–Trinajstić information content (AvgIpc) is 2.55. The second-order valence-electron chi connectivity index (χ2n) is 3.27. The van der Waals surface area contributed by atoms with Gasteiger partial charge < -0.3 is 4.98 Å². The van der Waals surface area contributed by atoms with Crippen LogP contribution in [0.5, 0.6) is 0 Å². The Hall–Kier alpha value is -0.800. The second-order valence-corrected chi connectivity index (χ2v) is 4.75. The van der Waals surface area contributed by atoms with Gasteiger partial charge in [-0.25, -0.2) is 0 Å². The molecule has 5 heteroatoms. The van der Waals surface area contributed by atoms with E-state index in [4.69, 9.17) is 23.2 Å². The highest BCUT2D eigenvalue weighted by molar-refractivity contribution is 6.60. The second kappa shape index (κ2) is 3.11. The van der Waals surface area contributed by atoms with Gasteiger partial charge in [-0.3, -0.25) is 9.59 Å². The molecule has 74 valence electrons. The highest BCUT2D eigenvalue weighted by Crippen LogP contribution is 2.36. The number of H-pyrrole nitrogens is 1. The molecular formula is C9H7Cl2NO2. The molecule has 1 N–H and O–H groups in total. The smallest absolute Gasteiger partial charge is 0.200 e. The van der Waals surface area contributed by atoms with Crippen LogP contribution in [-0.4, -0.2) is 21.4 Å². The Kier molecular flexibility index (Phi) is 2.16. The molecule has 1 aromatic rings. The fourth-order valence-electron chi connectivity index (χ4n) is 1.58. The Bertz CT molecular complexity index is 409. The number of carbonyl (C=O) groups excluding carboxylic acids is 2. The zero-order chi connectivity index (χ0) is 10.3. The van der Waals surface area contributed by atoms with Crippen molar-refractivity contribution in [2.75, 3.05) is 0 Å². The summed E-state index contributed by atoms with van der Waals surface area (Å²) >= 11 is 11.6. The SMILES string of the molecule is O=Cc1cc2c([nH]1)CCC(Cl)(Cl)C2=O. The number of hydrogen-bond acceptors (Lipinski definition) is 2. The van der Waals surface area contributed by atoms with Gasteiger partial charge in [0.15, 0.2) is 10.6 Å². The number of hydrogen-bond donors (Lipinski definition) is 1. The first-order valence-electron chi connectivity index (χ1n) is 4.14. The summed E-state index contributed by atoms with van der Waals surface area (Å²) in [5.41, 5.74) is 1.56. The van der Waals surface area contributed by atoms with Gasteiger partial charge >= 0.3 is 0 Å². The van der Waals surface area contributed by atoms with Gasteiger partial charge in [0.1, 0.15) is 0 Å². The minimum atomic E-state index is -1.34. The van der Waals surface area contributed by atoms with Crippen LogP contribution in [0, 0.1) is 0 Å². The molecule has 0 radical (unpaired) electrons. The summed E-state index contributed by atoms with van der Waals surface area (Å²) in [7, 11) is 0. The molecule has 1 heterocycles. The number of nitrogens with one attached hydrogen (secondary N) is 1. The van der Waals surface area contributed by atoms with Gasteiger partial charge in [0.05, 0.1) is 5.69 Å². The van der Waals surface area contributed by atoms with Gasteiger partial charge in [0.25, 0.3) is 0 Å². The molecule has 0 fully saturated rings. The highest BCUT2D eigenvalue weighted by atomic mass is 35.5. The molecule has 0 unspecified atom stereocenters. The maximum atomic E-state index is 11.7. The van der Waals surface area contributed by atoms with E-state index in [0.717, 1.165) is 5.69 Å². The monoisotopic (exact) mass is 231 g/mol. The fraction of sp³-hybridized carbons (Fsp3) is 0.333. The third-order valence-corrected chi connectivity index (χ3v) is 3.03. The van der Waals surface area contributed by atoms with E-state index in [2.05, 4.69) is 4.98 Å². The molecule has 0 amide bonds. The summed E-state index contributed by atoms with van der Waals surface area (Å²) in [5.74, 6) is -0.327. The Balaban J connectivity index is 2.50. The Labute approximate surface area is 90.4 Å². The highest BCUT2D eigenvalue weighted by Gasteiger charge is 2.40. The van der Waals surface area contributed by atoms with Crippen LogP contribution >= 0.6 is 23.2 Å². The standard InChI is InChI=1S/C9H7Cl2NO2/c10-9(11)2-1-7-6(8(9)14)3-5(4-13)12-7/h3-4,12H,1-2H2. The van der Waals surface area contributed by atoms with Gasteiger partial charge in [0, 0.05) is 11.3 Å². The van der Waals surface area contributed by atoms with Crippen LogP contribution in [0.4, 0.5) is 0 Å². The van der Waals surface area contributed by atoms with Crippen LogP contribution in [0.25, 0.3) is 0 Å². The molecule has 0 atom stereocenters. The molecule has 0 bridgehead atoms. The van der Waals surface area contributed by atoms with Crippen molar-refractivity contribution in [3.8, 4) is 0 Å². The quantitative estimate of drug-likeness (QED) is 0.595. The van der Waals surface area contributed by atoms with Crippen molar-refractivity contribution in [1.82, 2.24) is 4.98 Å². The lowest BCUT2D eigenvalue weighted by Gasteiger charge is -2.22. The molecular weight excluding hydrogens is 225 g/mol. The lowest BCUT2D eigenvalue weighted by molar-refractivity contribution is 0.0960. The van der Waals surface area contributed by atoms with E-state index < -0.39 is 4.33 Å². The molecule has 0 spiro atoms. The molecule has 14 heavy (non-hydrogen) atoms. The molecule has 0 aliphatic heterocycles. The topological polar surface area (TPSA) is 49.9 Å². The molecule has 3 nitrogen and oxygen atoms in total. The third kappa shape index (κ3) is 1.37. The summed E-state index contributed by atoms with van der Waals surface area (Å²) in [5, 5.41) is 0. The van der Waals surface area contributed by atoms with Gasteiger partial charge in [-0.05, 0) is 18.9 Å². The van der Waals surface area contributed by atoms with Gasteiger partial charge in [-0.15, -0.1) is 0 Å². The number of aldehydes is 1. The van der Waals surface area contributed by atoms with E-state index in [-0.39, 0.29) is 5.78 Å². The zero-order valence-corrected chi connectivity index (χ0v) is 8.65. The first kappa shape index (κ1) is 9.74. The number of halogens is 2. The van der Waals surface area contributed by atoms with E-state index in [1.54, 1.807) is 0 Å². The summed E-state index contributed by atoms with van der Waals surface area (Å²) in [6, 6.07) is 1.49. The van der Waals surface area contributed by atoms with Crippen LogP contribution in [0.2, 0.25) is 0 Å². The van der Waals surface area contributed by atoms with Gasteiger partial charge in [0.2, 0.25) is 5.78 Å². The van der Waals surface area contributed by atoms with Crippen molar-refractivity contribution in [3.63, 3.8) is 0 Å². The Morgan fingerprint density at radius 3 is 2.86 bits per heavy atom. The number of aromatic amines is 1. The molecule has 1 aliphatic carbocycles. The van der Waals surface area contributed by atoms with E-state index in [0.29, 0.717) is 30.4 Å². The molecule has 0 aromatic carbocycles. The third-order valence-electron chi connectivity index (χ3n) is 2.31. The minimum Gasteiger partial charge on any atom is -0.356 e. The molecule has 0 saturated carbocycles. The number of rotatable bonds is 1. The lowest BCUT2D eigenvalue weighted by Crippen LogP contribution is -2.31. The van der Waals surface area contributed by atoms with Crippen molar-refractivity contribution >= 4 is 35.3 Å². The van der Waals surface area contributed by atoms with Crippen molar-refractivity contribution < 1.29 is 9.59 Å². The summed E-state index contributed by atoms with van der Waals surface area (Å²) < 4.78 is -1.34. The van der Waals surface area contributed by atoms with Crippen molar-refractivity contribution in [2.45, 2.75) is 17.2 Å². The van der Waals surface area contributed by atoms with Crippen molar-refractivity contribution in [2.24, 2.45) is 0 Å². The summed E-state index contributed by atoms with van der Waals surface area (Å²) in [6.45, 7) is 0. The first-order valence-corrected chi connectivity index (χ1v) is 4.90. The van der Waals surface area contributed by atoms with Crippen LogP contribution in [0.15, 0.2) is 6.07 Å². The molecule has 2 rings (SSSR count). The number of aryl methyl sites for hydroxylation is 1. The van der Waals surface area contributed by atoms with Crippen molar-refractivity contribution in [3.05, 3.63) is 23.0 Å². The largest absolute Gasteiger partial charge is 0.356 e. The fourth-order valence-corrected chi connectivity index (χ4v) is 1.97. The Morgan fingerprint density at radius 2 is 2.21 bits per heavy atom. The van der Waals surface area contributed by atoms with E-state index in [9.17, 15) is 9.59 Å². The number of aromatic nitrogens is 1. The lowest BCUT2D eigenvalue weighted by atomic mass is 9.96. The summed E-state index contributed by atoms with van der Waals surface area (Å²) in [4.78, 5) is 25.0. The zero-order valence-electron chi connectivity index (χ0n) is 7.14. The number of carbonyl (C=O) groups is 2. The van der Waals surface area contributed by atoms with Gasteiger partial charge in [-0.2, -0.15) is 0 Å². The van der Waals surface area contributed by atoms with Crippen LogP contribution in [-0.2, 0) is 6.42 Å². The number of alkyl halides is 2. The van der Waals surface area contributed by atoms with E-state index in [1.807, 2.05) is 0 Å². The van der Waals surface area contributed by atoms with Crippen LogP contribution in [0.1, 0.15) is 33.0 Å². The minimum absolute atomic E-state index is 0.327. The predicted octanol–water partition coefficient (Wildman–Crippen LogP) is 2.13. The number of ketones is 1. The average molecular weight is 232 g/mol. The summed E-state index contributed by atoms with van der Waals surface area (Å²) in [6.07, 6.45) is 1.62.